The summed E-state index contributed by atoms with van der Waals surface area (Å²) in [5.74, 6) is -0.141. The molecule has 0 aliphatic carbocycles. The Bertz CT molecular complexity index is 1080. The third-order valence-corrected chi connectivity index (χ3v) is 4.03. The Morgan fingerprint density at radius 3 is 2.73 bits per heavy atom. The topological polar surface area (TPSA) is 132 Å². The molecule has 1 amide bonds. The molecule has 0 aliphatic heterocycles. The number of nitrogens with zero attached hydrogens (tertiary/aromatic N) is 4. The highest BCUT2D eigenvalue weighted by atomic mass is 16.6. The molecule has 1 heterocycles. The molecular weight excluding hydrogens is 390 g/mol. The first-order chi connectivity index (χ1) is 14.5. The summed E-state index contributed by atoms with van der Waals surface area (Å²) in [6.07, 6.45) is 3.02. The molecule has 0 bridgehead atoms. The lowest BCUT2D eigenvalue weighted by atomic mass is 10.2. The standard InChI is InChI=1S/C20H19N5O5/c1-2-30-19-8-5-15(11-18(19)26)12-21-22-20(27)17-9-10-24(23-17)13-14-3-6-16(7-4-14)25(28)29/h3-12,26H,2,13H2,1H3,(H,22,27). The molecule has 0 unspecified atom stereocenters. The molecule has 0 atom stereocenters. The van der Waals surface area contributed by atoms with Crippen molar-refractivity contribution < 1.29 is 19.6 Å². The second kappa shape index (κ2) is 9.32. The summed E-state index contributed by atoms with van der Waals surface area (Å²) >= 11 is 0. The van der Waals surface area contributed by atoms with Crippen molar-refractivity contribution in [2.75, 3.05) is 6.61 Å². The van der Waals surface area contributed by atoms with Gasteiger partial charge in [0.2, 0.25) is 0 Å². The largest absolute Gasteiger partial charge is 0.504 e. The van der Waals surface area contributed by atoms with Crippen LogP contribution in [0.15, 0.2) is 59.8 Å². The number of hydrazone groups is 1. The monoisotopic (exact) mass is 409 g/mol. The van der Waals surface area contributed by atoms with Gasteiger partial charge >= 0.3 is 0 Å². The van der Waals surface area contributed by atoms with Gasteiger partial charge in [-0.15, -0.1) is 0 Å². The molecule has 0 saturated carbocycles. The number of carbonyl (C=O) groups is 1. The predicted octanol–water partition coefficient (Wildman–Crippen LogP) is 2.71. The van der Waals surface area contributed by atoms with Gasteiger partial charge in [0.1, 0.15) is 0 Å². The quantitative estimate of drug-likeness (QED) is 0.334. The average molecular weight is 409 g/mol. The number of aromatic nitrogens is 2. The summed E-state index contributed by atoms with van der Waals surface area (Å²) < 4.78 is 6.79. The maximum atomic E-state index is 12.2. The lowest BCUT2D eigenvalue weighted by Crippen LogP contribution is -2.18. The van der Waals surface area contributed by atoms with Gasteiger partial charge in [-0.3, -0.25) is 19.6 Å². The van der Waals surface area contributed by atoms with Crippen LogP contribution in [-0.4, -0.2) is 38.5 Å². The van der Waals surface area contributed by atoms with Crippen molar-refractivity contribution in [3.63, 3.8) is 0 Å². The molecule has 154 valence electrons. The van der Waals surface area contributed by atoms with Gasteiger partial charge in [-0.05, 0) is 42.3 Å². The van der Waals surface area contributed by atoms with Crippen LogP contribution in [0, 0.1) is 10.1 Å². The molecule has 3 aromatic rings. The zero-order valence-electron chi connectivity index (χ0n) is 16.1. The first-order valence-electron chi connectivity index (χ1n) is 9.02. The van der Waals surface area contributed by atoms with E-state index < -0.39 is 10.8 Å². The van der Waals surface area contributed by atoms with E-state index in [1.165, 1.54) is 24.4 Å². The maximum Gasteiger partial charge on any atom is 0.291 e. The molecule has 0 saturated heterocycles. The zero-order valence-corrected chi connectivity index (χ0v) is 16.1. The molecule has 2 N–H and O–H groups in total. The van der Waals surface area contributed by atoms with Gasteiger partial charge < -0.3 is 9.84 Å². The minimum atomic E-state index is -0.496. The van der Waals surface area contributed by atoms with Crippen LogP contribution in [0.25, 0.3) is 0 Å². The van der Waals surface area contributed by atoms with E-state index in [4.69, 9.17) is 4.74 Å². The Balaban J connectivity index is 1.57. The Morgan fingerprint density at radius 1 is 1.30 bits per heavy atom. The number of ether oxygens (including phenoxy) is 1. The summed E-state index contributed by atoms with van der Waals surface area (Å²) in [5, 5.41) is 28.6. The molecule has 10 heteroatoms. The van der Waals surface area contributed by atoms with Crippen molar-refractivity contribution in [1.82, 2.24) is 15.2 Å². The van der Waals surface area contributed by atoms with Crippen LogP contribution in [0.3, 0.4) is 0 Å². The first kappa shape index (κ1) is 20.5. The summed E-state index contributed by atoms with van der Waals surface area (Å²) in [6, 6.07) is 12.4. The SMILES string of the molecule is CCOc1ccc(C=NNC(=O)c2ccn(Cc3ccc([N+](=O)[O-])cc3)n2)cc1O. The highest BCUT2D eigenvalue weighted by Gasteiger charge is 2.10. The van der Waals surface area contributed by atoms with Crippen LogP contribution in [0.5, 0.6) is 11.5 Å². The number of nitro benzene ring substituents is 1. The van der Waals surface area contributed by atoms with Gasteiger partial charge in [-0.1, -0.05) is 12.1 Å². The third kappa shape index (κ3) is 5.19. The number of hydrogen-bond acceptors (Lipinski definition) is 7. The summed E-state index contributed by atoms with van der Waals surface area (Å²) in [5.41, 5.74) is 3.95. The number of rotatable bonds is 8. The molecule has 2 aromatic carbocycles. The molecule has 1 aromatic heterocycles. The molecule has 0 radical (unpaired) electrons. The van der Waals surface area contributed by atoms with Crippen LogP contribution >= 0.6 is 0 Å². The van der Waals surface area contributed by atoms with E-state index in [2.05, 4.69) is 15.6 Å². The number of phenols is 1. The number of carbonyl (C=O) groups excluding carboxylic acids is 1. The summed E-state index contributed by atoms with van der Waals surface area (Å²) in [7, 11) is 0. The van der Waals surface area contributed by atoms with Gasteiger partial charge in [0, 0.05) is 18.3 Å². The normalized spacial score (nSPS) is 10.8. The minimum Gasteiger partial charge on any atom is -0.504 e. The fraction of sp³-hybridized carbons (Fsp3) is 0.150. The summed E-state index contributed by atoms with van der Waals surface area (Å²) in [4.78, 5) is 22.4. The number of aromatic hydroxyl groups is 1. The van der Waals surface area contributed by atoms with Crippen LogP contribution in [0.4, 0.5) is 5.69 Å². The van der Waals surface area contributed by atoms with Crippen molar-refractivity contribution in [1.29, 1.82) is 0 Å². The van der Waals surface area contributed by atoms with Crippen molar-refractivity contribution >= 4 is 17.8 Å². The summed E-state index contributed by atoms with van der Waals surface area (Å²) in [6.45, 7) is 2.62. The molecule has 0 aliphatic rings. The van der Waals surface area contributed by atoms with E-state index in [-0.39, 0.29) is 17.1 Å². The van der Waals surface area contributed by atoms with Gasteiger partial charge in [0.05, 0.1) is 24.3 Å². The Labute approximate surface area is 171 Å². The van der Waals surface area contributed by atoms with E-state index in [1.54, 1.807) is 41.2 Å². The van der Waals surface area contributed by atoms with Gasteiger partial charge in [-0.2, -0.15) is 10.2 Å². The second-order valence-corrected chi connectivity index (χ2v) is 6.18. The lowest BCUT2D eigenvalue weighted by molar-refractivity contribution is -0.384. The van der Waals surface area contributed by atoms with Crippen LogP contribution in [0.2, 0.25) is 0 Å². The Hall–Kier alpha value is -4.21. The van der Waals surface area contributed by atoms with Gasteiger partial charge in [0.25, 0.3) is 11.6 Å². The second-order valence-electron chi connectivity index (χ2n) is 6.18. The van der Waals surface area contributed by atoms with Gasteiger partial charge in [-0.25, -0.2) is 5.43 Å². The van der Waals surface area contributed by atoms with Crippen LogP contribution < -0.4 is 10.2 Å². The molecule has 10 nitrogen and oxygen atoms in total. The average Bonchev–Trinajstić information content (AvgIpc) is 3.19. The zero-order chi connectivity index (χ0) is 21.5. The predicted molar refractivity (Wildman–Crippen MR) is 109 cm³/mol. The smallest absolute Gasteiger partial charge is 0.291 e. The van der Waals surface area contributed by atoms with E-state index in [9.17, 15) is 20.0 Å². The van der Waals surface area contributed by atoms with E-state index in [0.717, 1.165) is 5.56 Å². The number of nitrogens with one attached hydrogen (secondary N) is 1. The first-order valence-corrected chi connectivity index (χ1v) is 9.02. The highest BCUT2D eigenvalue weighted by molar-refractivity contribution is 5.93. The van der Waals surface area contributed by atoms with Crippen molar-refractivity contribution in [2.45, 2.75) is 13.5 Å². The Kier molecular flexibility index (Phi) is 6.38. The van der Waals surface area contributed by atoms with E-state index >= 15 is 0 Å². The minimum absolute atomic E-state index is 0.0120. The third-order valence-electron chi connectivity index (χ3n) is 4.03. The molecular formula is C20H19N5O5. The van der Waals surface area contributed by atoms with Crippen molar-refractivity contribution in [3.8, 4) is 11.5 Å². The number of hydrogen-bond donors (Lipinski definition) is 2. The number of non-ortho nitro benzene ring substituents is 1. The maximum absolute atomic E-state index is 12.2. The van der Waals surface area contributed by atoms with Gasteiger partial charge in [0.15, 0.2) is 17.2 Å². The number of phenolic OH excluding ortho intramolecular Hbond substituents is 1. The van der Waals surface area contributed by atoms with E-state index in [0.29, 0.717) is 24.5 Å². The van der Waals surface area contributed by atoms with Crippen LogP contribution in [0.1, 0.15) is 28.5 Å². The number of amides is 1. The molecule has 0 fully saturated rings. The molecule has 0 spiro atoms. The number of nitro groups is 1. The fourth-order valence-corrected chi connectivity index (χ4v) is 2.60. The lowest BCUT2D eigenvalue weighted by Gasteiger charge is -2.05. The Morgan fingerprint density at radius 2 is 2.07 bits per heavy atom. The molecule has 3 rings (SSSR count). The number of benzene rings is 2. The van der Waals surface area contributed by atoms with Crippen molar-refractivity contribution in [2.24, 2.45) is 5.10 Å². The fourth-order valence-electron chi connectivity index (χ4n) is 2.60. The highest BCUT2D eigenvalue weighted by Crippen LogP contribution is 2.26. The van der Waals surface area contributed by atoms with Crippen LogP contribution in [-0.2, 0) is 6.54 Å². The van der Waals surface area contributed by atoms with E-state index in [1.807, 2.05) is 6.92 Å². The molecule has 30 heavy (non-hydrogen) atoms. The van der Waals surface area contributed by atoms with Crippen molar-refractivity contribution in [3.05, 3.63) is 81.7 Å².